The van der Waals surface area contributed by atoms with Crippen molar-refractivity contribution in [2.24, 2.45) is 0 Å². The van der Waals surface area contributed by atoms with Gasteiger partial charge < -0.3 is 10.2 Å². The summed E-state index contributed by atoms with van der Waals surface area (Å²) in [5.74, 6) is -0.659. The second-order valence-electron chi connectivity index (χ2n) is 5.15. The number of rotatable bonds is 5. The first-order valence-electron chi connectivity index (χ1n) is 7.19. The Morgan fingerprint density at radius 2 is 1.96 bits per heavy atom. The summed E-state index contributed by atoms with van der Waals surface area (Å²) in [5.41, 5.74) is 2.59. The molecule has 2 N–H and O–H groups in total. The van der Waals surface area contributed by atoms with Crippen LogP contribution in [0.25, 0.3) is 21.9 Å². The molecule has 0 amide bonds. The first-order valence-corrected chi connectivity index (χ1v) is 8.01. The van der Waals surface area contributed by atoms with Crippen LogP contribution in [0.3, 0.4) is 0 Å². The topological polar surface area (TPSA) is 70.4 Å². The van der Waals surface area contributed by atoms with Crippen molar-refractivity contribution in [2.45, 2.75) is 12.8 Å². The molecule has 23 heavy (non-hydrogen) atoms. The van der Waals surface area contributed by atoms with Gasteiger partial charge in [0.2, 0.25) is 0 Å². The summed E-state index contributed by atoms with van der Waals surface area (Å²) >= 11 is 1.55. The number of hydrogen-bond donors (Lipinski definition) is 2. The van der Waals surface area contributed by atoms with Crippen molar-refractivity contribution in [2.75, 3.05) is 0 Å². The van der Waals surface area contributed by atoms with Crippen LogP contribution in [0.15, 0.2) is 48.5 Å². The quantitative estimate of drug-likeness (QED) is 0.729. The van der Waals surface area contributed by atoms with Crippen LogP contribution >= 0.6 is 11.3 Å². The van der Waals surface area contributed by atoms with Gasteiger partial charge in [-0.2, -0.15) is 0 Å². The monoisotopic (exact) mass is 325 g/mol. The minimum Gasteiger partial charge on any atom is -0.508 e. The van der Waals surface area contributed by atoms with Crippen molar-refractivity contribution in [1.29, 1.82) is 0 Å². The Hall–Kier alpha value is -2.66. The smallest absolute Gasteiger partial charge is 0.303 e. The average Bonchev–Trinajstić information content (AvgIpc) is 2.95. The Morgan fingerprint density at radius 1 is 1.13 bits per heavy atom. The molecule has 0 aliphatic heterocycles. The molecule has 2 aromatic carbocycles. The second kappa shape index (κ2) is 6.62. The molecule has 0 fully saturated rings. The van der Waals surface area contributed by atoms with Gasteiger partial charge in [0.1, 0.15) is 10.8 Å². The van der Waals surface area contributed by atoms with Crippen molar-refractivity contribution in [1.82, 2.24) is 4.98 Å². The predicted octanol–water partition coefficient (Wildman–Crippen LogP) is 4.41. The van der Waals surface area contributed by atoms with E-state index >= 15 is 0 Å². The molecule has 0 unspecified atom stereocenters. The molecule has 0 radical (unpaired) electrons. The molecule has 3 aromatic rings. The fraction of sp³-hybridized carbons (Fsp3) is 0.111. The zero-order chi connectivity index (χ0) is 16.2. The number of aromatic nitrogens is 1. The van der Waals surface area contributed by atoms with E-state index in [0.717, 1.165) is 26.4 Å². The van der Waals surface area contributed by atoms with Gasteiger partial charge >= 0.3 is 5.97 Å². The number of benzene rings is 2. The molecule has 0 aliphatic rings. The molecule has 4 nitrogen and oxygen atoms in total. The van der Waals surface area contributed by atoms with E-state index in [2.05, 4.69) is 4.98 Å². The van der Waals surface area contributed by atoms with Crippen LogP contribution in [0.4, 0.5) is 0 Å². The van der Waals surface area contributed by atoms with Gasteiger partial charge in [-0.1, -0.05) is 24.3 Å². The number of para-hydroxylation sites is 1. The van der Waals surface area contributed by atoms with Gasteiger partial charge in [-0.25, -0.2) is 4.98 Å². The second-order valence-corrected chi connectivity index (χ2v) is 6.18. The Bertz CT molecular complexity index is 850. The number of fused-ring (bicyclic) bond motifs is 1. The Morgan fingerprint density at radius 3 is 2.70 bits per heavy atom. The third-order valence-electron chi connectivity index (χ3n) is 3.39. The first kappa shape index (κ1) is 15.2. The van der Waals surface area contributed by atoms with Crippen LogP contribution in [0, 0.1) is 0 Å². The standard InChI is InChI=1S/C18H15NO3S/c20-14-5-3-4-12(11-14)10-13(8-9-17(21)22)18-19-15-6-1-2-7-16(15)23-18/h1-7,10-11,20H,8-9H2,(H,21,22). The summed E-state index contributed by atoms with van der Waals surface area (Å²) in [6, 6.07) is 14.7. The highest BCUT2D eigenvalue weighted by atomic mass is 32.1. The molecule has 0 spiro atoms. The number of phenolic OH excluding ortho intramolecular Hbond substituents is 1. The van der Waals surface area contributed by atoms with Gasteiger partial charge in [0, 0.05) is 6.42 Å². The Labute approximate surface area is 137 Å². The number of aromatic hydroxyl groups is 1. The number of thiazole rings is 1. The van der Waals surface area contributed by atoms with E-state index < -0.39 is 5.97 Å². The molecule has 0 atom stereocenters. The zero-order valence-corrected chi connectivity index (χ0v) is 13.1. The normalized spacial score (nSPS) is 11.7. The molecule has 116 valence electrons. The summed E-state index contributed by atoms with van der Waals surface area (Å²) in [6.45, 7) is 0. The first-order chi connectivity index (χ1) is 11.1. The zero-order valence-electron chi connectivity index (χ0n) is 12.3. The fourth-order valence-corrected chi connectivity index (χ4v) is 3.32. The number of phenols is 1. The number of hydrogen-bond acceptors (Lipinski definition) is 4. The molecule has 0 saturated carbocycles. The lowest BCUT2D eigenvalue weighted by atomic mass is 10.1. The summed E-state index contributed by atoms with van der Waals surface area (Å²) in [4.78, 5) is 15.5. The van der Waals surface area contributed by atoms with E-state index in [-0.39, 0.29) is 12.2 Å². The molecule has 5 heteroatoms. The van der Waals surface area contributed by atoms with Crippen LogP contribution in [0.1, 0.15) is 23.4 Å². The van der Waals surface area contributed by atoms with E-state index in [0.29, 0.717) is 6.42 Å². The van der Waals surface area contributed by atoms with Crippen molar-refractivity contribution in [3.05, 3.63) is 59.1 Å². The number of aliphatic carboxylic acids is 1. The van der Waals surface area contributed by atoms with Gasteiger partial charge in [0.05, 0.1) is 10.2 Å². The van der Waals surface area contributed by atoms with E-state index in [4.69, 9.17) is 5.11 Å². The molecule has 1 aromatic heterocycles. The largest absolute Gasteiger partial charge is 0.508 e. The minimum atomic E-state index is -0.840. The number of allylic oxidation sites excluding steroid dienone is 1. The third kappa shape index (κ3) is 3.76. The van der Waals surface area contributed by atoms with Crippen molar-refractivity contribution in [3.8, 4) is 5.75 Å². The molecule has 1 heterocycles. The van der Waals surface area contributed by atoms with Crippen molar-refractivity contribution >= 4 is 39.2 Å². The van der Waals surface area contributed by atoms with Gasteiger partial charge in [-0.15, -0.1) is 11.3 Å². The fourth-order valence-electron chi connectivity index (χ4n) is 2.31. The molecule has 3 rings (SSSR count). The number of carboxylic acids is 1. The van der Waals surface area contributed by atoms with Gasteiger partial charge in [0.15, 0.2) is 0 Å². The van der Waals surface area contributed by atoms with Gasteiger partial charge in [0.25, 0.3) is 0 Å². The lowest BCUT2D eigenvalue weighted by molar-refractivity contribution is -0.136. The average molecular weight is 325 g/mol. The molecule has 0 bridgehead atoms. The summed E-state index contributed by atoms with van der Waals surface area (Å²) in [6.07, 6.45) is 2.33. The predicted molar refractivity (Wildman–Crippen MR) is 92.5 cm³/mol. The molecule has 0 aliphatic carbocycles. The van der Waals surface area contributed by atoms with E-state index in [1.807, 2.05) is 36.4 Å². The van der Waals surface area contributed by atoms with E-state index in [9.17, 15) is 9.90 Å². The number of carboxylic acid groups (broad SMARTS) is 1. The van der Waals surface area contributed by atoms with Crippen molar-refractivity contribution in [3.63, 3.8) is 0 Å². The van der Waals surface area contributed by atoms with Crippen LogP contribution in [0.2, 0.25) is 0 Å². The van der Waals surface area contributed by atoms with E-state index in [1.54, 1.807) is 29.5 Å². The lowest BCUT2D eigenvalue weighted by Gasteiger charge is -2.03. The maximum atomic E-state index is 10.9. The number of nitrogens with zero attached hydrogens (tertiary/aromatic N) is 1. The number of carbonyl (C=O) groups is 1. The van der Waals surface area contributed by atoms with Crippen LogP contribution in [-0.4, -0.2) is 21.2 Å². The van der Waals surface area contributed by atoms with Crippen LogP contribution in [0.5, 0.6) is 5.75 Å². The van der Waals surface area contributed by atoms with Gasteiger partial charge in [-0.05, 0) is 47.9 Å². The summed E-state index contributed by atoms with van der Waals surface area (Å²) in [5, 5.41) is 19.4. The van der Waals surface area contributed by atoms with Crippen LogP contribution < -0.4 is 0 Å². The summed E-state index contributed by atoms with van der Waals surface area (Å²) < 4.78 is 1.07. The maximum Gasteiger partial charge on any atom is 0.303 e. The Balaban J connectivity index is 2.02. The third-order valence-corrected chi connectivity index (χ3v) is 4.50. The molecular formula is C18H15NO3S. The lowest BCUT2D eigenvalue weighted by Crippen LogP contribution is -1.95. The Kier molecular flexibility index (Phi) is 4.39. The molecule has 0 saturated heterocycles. The highest BCUT2D eigenvalue weighted by molar-refractivity contribution is 7.19. The minimum absolute atomic E-state index is 0.0422. The SMILES string of the molecule is O=C(O)CCC(=Cc1cccc(O)c1)c1nc2ccccc2s1. The summed E-state index contributed by atoms with van der Waals surface area (Å²) in [7, 11) is 0. The van der Waals surface area contributed by atoms with Gasteiger partial charge in [-0.3, -0.25) is 4.79 Å². The highest BCUT2D eigenvalue weighted by Gasteiger charge is 2.11. The molecular weight excluding hydrogens is 310 g/mol. The van der Waals surface area contributed by atoms with Crippen LogP contribution in [-0.2, 0) is 4.79 Å². The van der Waals surface area contributed by atoms with Crippen molar-refractivity contribution < 1.29 is 15.0 Å². The maximum absolute atomic E-state index is 10.9. The van der Waals surface area contributed by atoms with E-state index in [1.165, 1.54) is 0 Å². The highest BCUT2D eigenvalue weighted by Crippen LogP contribution is 2.31.